The summed E-state index contributed by atoms with van der Waals surface area (Å²) in [5.41, 5.74) is -0.260. The average Bonchev–Trinajstić information content (AvgIpc) is 2.84. The van der Waals surface area contributed by atoms with Crippen molar-refractivity contribution in [2.75, 3.05) is 11.9 Å². The van der Waals surface area contributed by atoms with Crippen molar-refractivity contribution in [2.24, 2.45) is 0 Å². The summed E-state index contributed by atoms with van der Waals surface area (Å²) in [6.45, 7) is 6.27. The third kappa shape index (κ3) is 4.21. The lowest BCUT2D eigenvalue weighted by Crippen LogP contribution is -2.42. The van der Waals surface area contributed by atoms with Crippen molar-refractivity contribution in [1.29, 1.82) is 0 Å². The second kappa shape index (κ2) is 7.02. The summed E-state index contributed by atoms with van der Waals surface area (Å²) in [5, 5.41) is 19.4. The van der Waals surface area contributed by atoms with E-state index >= 15 is 0 Å². The first-order chi connectivity index (χ1) is 11.1. The van der Waals surface area contributed by atoms with E-state index in [1.807, 2.05) is 13.8 Å². The van der Waals surface area contributed by atoms with E-state index in [0.29, 0.717) is 15.9 Å². The van der Waals surface area contributed by atoms with Gasteiger partial charge in [-0.15, -0.1) is 0 Å². The molecular formula is C15H21BrFN5O2. The molecule has 9 heteroatoms. The number of hydrogen-bond acceptors (Lipinski definition) is 5. The third-order valence-electron chi connectivity index (χ3n) is 3.35. The smallest absolute Gasteiger partial charge is 0.255 e. The molecule has 2 aromatic rings. The molecule has 0 radical (unpaired) electrons. The molecule has 24 heavy (non-hydrogen) atoms. The summed E-state index contributed by atoms with van der Waals surface area (Å²) in [4.78, 5) is 16.7. The number of carbonyl (C=O) groups is 1. The maximum Gasteiger partial charge on any atom is 0.255 e. The van der Waals surface area contributed by atoms with Crippen molar-refractivity contribution in [1.82, 2.24) is 19.9 Å². The number of nitrogens with zero attached hydrogens (tertiary/aromatic N) is 3. The fourth-order valence-electron chi connectivity index (χ4n) is 2.04. The first-order valence-corrected chi connectivity index (χ1v) is 8.34. The van der Waals surface area contributed by atoms with Gasteiger partial charge in [0.2, 0.25) is 0 Å². The highest BCUT2D eigenvalue weighted by Gasteiger charge is 2.27. The van der Waals surface area contributed by atoms with Crippen molar-refractivity contribution < 1.29 is 14.3 Å². The van der Waals surface area contributed by atoms with Crippen LogP contribution in [0.15, 0.2) is 17.0 Å². The second-order valence-electron chi connectivity index (χ2n) is 6.40. The Balaban J connectivity index is 2.31. The Morgan fingerprint density at radius 2 is 2.17 bits per heavy atom. The lowest BCUT2D eigenvalue weighted by molar-refractivity contribution is -0.00177. The minimum atomic E-state index is -1.58. The number of imidazole rings is 1. The maximum absolute atomic E-state index is 13.8. The van der Waals surface area contributed by atoms with E-state index in [0.717, 1.165) is 0 Å². The molecule has 2 aromatic heterocycles. The van der Waals surface area contributed by atoms with E-state index in [1.165, 1.54) is 20.0 Å². The molecule has 0 aliphatic rings. The number of carbonyl (C=O) groups excluding carboxylic acids is 1. The van der Waals surface area contributed by atoms with E-state index in [-0.39, 0.29) is 18.2 Å². The molecular weight excluding hydrogens is 381 g/mol. The molecule has 3 N–H and O–H groups in total. The van der Waals surface area contributed by atoms with Crippen LogP contribution < -0.4 is 10.6 Å². The molecule has 1 atom stereocenters. The Morgan fingerprint density at radius 1 is 1.50 bits per heavy atom. The summed E-state index contributed by atoms with van der Waals surface area (Å²) in [7, 11) is 0. The van der Waals surface area contributed by atoms with Gasteiger partial charge < -0.3 is 15.7 Å². The molecule has 0 spiro atoms. The Hall–Kier alpha value is -1.74. The third-order valence-corrected chi connectivity index (χ3v) is 3.73. The number of halogens is 2. The number of amides is 1. The molecule has 0 bridgehead atoms. The van der Waals surface area contributed by atoms with Crippen LogP contribution in [0.2, 0.25) is 0 Å². The topological polar surface area (TPSA) is 91.5 Å². The number of rotatable bonds is 6. The monoisotopic (exact) mass is 401 g/mol. The highest BCUT2D eigenvalue weighted by atomic mass is 79.9. The van der Waals surface area contributed by atoms with Gasteiger partial charge >= 0.3 is 0 Å². The molecule has 0 aliphatic carbocycles. The predicted molar refractivity (Wildman–Crippen MR) is 93.0 cm³/mol. The first-order valence-electron chi connectivity index (χ1n) is 7.54. The minimum absolute atomic E-state index is 0.0588. The molecule has 2 rings (SSSR count). The van der Waals surface area contributed by atoms with Crippen LogP contribution in [0.25, 0.3) is 5.65 Å². The van der Waals surface area contributed by atoms with E-state index in [9.17, 15) is 14.3 Å². The van der Waals surface area contributed by atoms with Crippen LogP contribution in [-0.2, 0) is 0 Å². The number of aromatic nitrogens is 3. The molecule has 0 fully saturated rings. The molecule has 0 saturated carbocycles. The normalized spacial score (nSPS) is 13.3. The predicted octanol–water partition coefficient (Wildman–Crippen LogP) is 2.15. The fourth-order valence-corrected chi connectivity index (χ4v) is 2.40. The summed E-state index contributed by atoms with van der Waals surface area (Å²) in [6, 6.07) is 0.0588. The maximum atomic E-state index is 13.8. The van der Waals surface area contributed by atoms with Crippen LogP contribution in [0.3, 0.4) is 0 Å². The zero-order valence-corrected chi connectivity index (χ0v) is 15.6. The lowest BCUT2D eigenvalue weighted by Gasteiger charge is -2.22. The molecule has 2 heterocycles. The van der Waals surface area contributed by atoms with Gasteiger partial charge in [-0.2, -0.15) is 5.10 Å². The lowest BCUT2D eigenvalue weighted by atomic mass is 10.0. The van der Waals surface area contributed by atoms with Crippen molar-refractivity contribution in [3.63, 3.8) is 0 Å². The van der Waals surface area contributed by atoms with Crippen molar-refractivity contribution in [3.8, 4) is 0 Å². The van der Waals surface area contributed by atoms with Gasteiger partial charge in [-0.25, -0.2) is 13.9 Å². The number of nitrogens with one attached hydrogen (secondary N) is 2. The van der Waals surface area contributed by atoms with Gasteiger partial charge in [-0.1, -0.05) is 0 Å². The van der Waals surface area contributed by atoms with Crippen molar-refractivity contribution in [3.05, 3.63) is 22.6 Å². The zero-order chi connectivity index (χ0) is 18.1. The zero-order valence-electron chi connectivity index (χ0n) is 14.0. The Labute approximate surface area is 147 Å². The summed E-state index contributed by atoms with van der Waals surface area (Å²) < 4.78 is 16.0. The Bertz CT molecular complexity index is 741. The van der Waals surface area contributed by atoms with Crippen LogP contribution in [-0.4, -0.2) is 50.0 Å². The van der Waals surface area contributed by atoms with Gasteiger partial charge in [0.1, 0.15) is 10.8 Å². The minimum Gasteiger partial charge on any atom is -0.387 e. The average molecular weight is 402 g/mol. The van der Waals surface area contributed by atoms with Crippen LogP contribution in [0, 0.1) is 0 Å². The van der Waals surface area contributed by atoms with Gasteiger partial charge in [0.15, 0.2) is 5.65 Å². The Morgan fingerprint density at radius 3 is 2.75 bits per heavy atom. The molecule has 0 unspecified atom stereocenters. The SMILES string of the molecule is CC(C)Nc1c(C(=O)NC[C@@H](F)C(C)(C)O)cnn2cc(Br)nc12. The van der Waals surface area contributed by atoms with E-state index in [2.05, 4.69) is 36.6 Å². The quantitative estimate of drug-likeness (QED) is 0.689. The molecule has 0 aromatic carbocycles. The number of alkyl halides is 1. The van der Waals surface area contributed by atoms with Gasteiger partial charge in [0.25, 0.3) is 5.91 Å². The number of hydrogen-bond donors (Lipinski definition) is 3. The molecule has 0 aliphatic heterocycles. The highest BCUT2D eigenvalue weighted by Crippen LogP contribution is 2.23. The summed E-state index contributed by atoms with van der Waals surface area (Å²) in [6.07, 6.45) is 1.49. The number of aliphatic hydroxyl groups is 1. The molecule has 132 valence electrons. The summed E-state index contributed by atoms with van der Waals surface area (Å²) >= 11 is 3.28. The van der Waals surface area contributed by atoms with Crippen LogP contribution in [0.1, 0.15) is 38.1 Å². The van der Waals surface area contributed by atoms with Crippen molar-refractivity contribution >= 4 is 33.2 Å². The standard InChI is InChI=1S/C15H21BrFN5O2/c1-8(2)20-12-9(5-19-22-7-11(16)21-13(12)22)14(23)18-6-10(17)15(3,4)24/h5,7-8,10,20,24H,6H2,1-4H3,(H,18,23)/t10-/m1/s1. The van der Waals surface area contributed by atoms with Gasteiger partial charge in [0, 0.05) is 6.04 Å². The van der Waals surface area contributed by atoms with Crippen LogP contribution >= 0.6 is 15.9 Å². The van der Waals surface area contributed by atoms with E-state index in [1.54, 1.807) is 10.7 Å². The van der Waals surface area contributed by atoms with Crippen LogP contribution in [0.5, 0.6) is 0 Å². The largest absolute Gasteiger partial charge is 0.387 e. The van der Waals surface area contributed by atoms with Crippen molar-refractivity contribution in [2.45, 2.75) is 45.5 Å². The van der Waals surface area contributed by atoms with Gasteiger partial charge in [-0.3, -0.25) is 4.79 Å². The van der Waals surface area contributed by atoms with Gasteiger partial charge in [-0.05, 0) is 43.6 Å². The summed E-state index contributed by atoms with van der Waals surface area (Å²) in [5.74, 6) is -0.487. The first kappa shape index (κ1) is 18.6. The van der Waals surface area contributed by atoms with Crippen LogP contribution in [0.4, 0.5) is 10.1 Å². The molecule has 1 amide bonds. The molecule has 7 nitrogen and oxygen atoms in total. The second-order valence-corrected chi connectivity index (χ2v) is 7.21. The number of fused-ring (bicyclic) bond motifs is 1. The highest BCUT2D eigenvalue weighted by molar-refractivity contribution is 9.10. The van der Waals surface area contributed by atoms with E-state index in [4.69, 9.17) is 0 Å². The van der Waals surface area contributed by atoms with E-state index < -0.39 is 17.7 Å². The Kier molecular flexibility index (Phi) is 5.44. The number of anilines is 1. The molecule has 0 saturated heterocycles. The van der Waals surface area contributed by atoms with Gasteiger partial charge in [0.05, 0.1) is 35.8 Å². The fraction of sp³-hybridized carbons (Fsp3) is 0.533.